The highest BCUT2D eigenvalue weighted by Crippen LogP contribution is 2.31. The molecular formula is C15H13ClF2N2O4. The minimum absolute atomic E-state index is 0.00786. The van der Waals surface area contributed by atoms with Crippen LogP contribution in [0, 0.1) is 21.7 Å². The van der Waals surface area contributed by atoms with E-state index in [-0.39, 0.29) is 35.3 Å². The molecule has 0 aromatic heterocycles. The molecule has 0 bridgehead atoms. The first-order valence-corrected chi connectivity index (χ1v) is 7.33. The highest BCUT2D eigenvalue weighted by atomic mass is 35.5. The molecule has 0 saturated heterocycles. The van der Waals surface area contributed by atoms with Crippen LogP contribution >= 0.6 is 11.6 Å². The Kier molecular flexibility index (Phi) is 5.88. The van der Waals surface area contributed by atoms with Gasteiger partial charge in [0.05, 0.1) is 23.0 Å². The van der Waals surface area contributed by atoms with Crippen LogP contribution in [0.1, 0.15) is 0 Å². The molecule has 128 valence electrons. The van der Waals surface area contributed by atoms with Crippen molar-refractivity contribution in [3.8, 4) is 11.5 Å². The van der Waals surface area contributed by atoms with E-state index in [0.717, 1.165) is 18.2 Å². The van der Waals surface area contributed by atoms with Crippen LogP contribution in [0.25, 0.3) is 0 Å². The summed E-state index contributed by atoms with van der Waals surface area (Å²) in [7, 11) is 0. The number of nitro benzene ring substituents is 1. The highest BCUT2D eigenvalue weighted by molar-refractivity contribution is 6.18. The first-order chi connectivity index (χ1) is 11.4. The number of alkyl halides is 1. The Morgan fingerprint density at radius 2 is 2.04 bits per heavy atom. The normalized spacial score (nSPS) is 11.8. The fourth-order valence-electron chi connectivity index (χ4n) is 1.82. The number of benzene rings is 2. The zero-order valence-corrected chi connectivity index (χ0v) is 13.0. The molecule has 0 fully saturated rings. The predicted molar refractivity (Wildman–Crippen MR) is 84.7 cm³/mol. The van der Waals surface area contributed by atoms with Crippen LogP contribution in [0.4, 0.5) is 20.2 Å². The van der Waals surface area contributed by atoms with Crippen molar-refractivity contribution in [2.45, 2.75) is 6.10 Å². The molecule has 1 atom stereocenters. The van der Waals surface area contributed by atoms with E-state index in [9.17, 15) is 24.0 Å². The summed E-state index contributed by atoms with van der Waals surface area (Å²) in [5.74, 6) is -2.00. The molecule has 0 aliphatic rings. The minimum atomic E-state index is -0.937. The lowest BCUT2D eigenvalue weighted by Crippen LogP contribution is -2.20. The van der Waals surface area contributed by atoms with Crippen molar-refractivity contribution in [2.24, 2.45) is 0 Å². The number of hydrogen-bond donors (Lipinski definition) is 2. The third kappa shape index (κ3) is 4.77. The Morgan fingerprint density at radius 1 is 1.29 bits per heavy atom. The quantitative estimate of drug-likeness (QED) is 0.448. The smallest absolute Gasteiger partial charge is 0.275 e. The van der Waals surface area contributed by atoms with Gasteiger partial charge >= 0.3 is 0 Å². The number of aliphatic hydroxyl groups excluding tert-OH is 1. The standard InChI is InChI=1S/C15H13ClF2N2O4/c16-7-12(21)8-19-10-4-11(20(22)23)6-13(5-10)24-15-2-1-9(17)3-14(15)18/h1-6,12,19,21H,7-8H2. The summed E-state index contributed by atoms with van der Waals surface area (Å²) in [4.78, 5) is 10.3. The number of nitrogens with zero attached hydrogens (tertiary/aromatic N) is 1. The molecule has 2 N–H and O–H groups in total. The fraction of sp³-hybridized carbons (Fsp3) is 0.200. The van der Waals surface area contributed by atoms with Crippen molar-refractivity contribution in [1.29, 1.82) is 0 Å². The molecular weight excluding hydrogens is 346 g/mol. The molecule has 0 amide bonds. The third-order valence-electron chi connectivity index (χ3n) is 2.94. The van der Waals surface area contributed by atoms with Gasteiger partial charge in [0, 0.05) is 30.4 Å². The van der Waals surface area contributed by atoms with Gasteiger partial charge in [0.25, 0.3) is 5.69 Å². The van der Waals surface area contributed by atoms with E-state index in [0.29, 0.717) is 6.07 Å². The molecule has 24 heavy (non-hydrogen) atoms. The summed E-state index contributed by atoms with van der Waals surface area (Å²) in [6.45, 7) is 0.0645. The van der Waals surface area contributed by atoms with Gasteiger partial charge in [0.2, 0.25) is 0 Å². The summed E-state index contributed by atoms with van der Waals surface area (Å²) in [5, 5.41) is 23.2. The van der Waals surface area contributed by atoms with Crippen LogP contribution in [-0.2, 0) is 0 Å². The lowest BCUT2D eigenvalue weighted by molar-refractivity contribution is -0.384. The van der Waals surface area contributed by atoms with E-state index in [2.05, 4.69) is 5.32 Å². The van der Waals surface area contributed by atoms with Gasteiger partial charge in [0.1, 0.15) is 11.6 Å². The molecule has 0 heterocycles. The molecule has 0 aliphatic heterocycles. The molecule has 0 saturated carbocycles. The summed E-state index contributed by atoms with van der Waals surface area (Å²) in [6.07, 6.45) is -0.843. The van der Waals surface area contributed by atoms with Crippen molar-refractivity contribution >= 4 is 23.0 Å². The van der Waals surface area contributed by atoms with Crippen molar-refractivity contribution in [1.82, 2.24) is 0 Å². The number of nitrogens with one attached hydrogen (secondary N) is 1. The highest BCUT2D eigenvalue weighted by Gasteiger charge is 2.14. The first-order valence-electron chi connectivity index (χ1n) is 6.79. The zero-order chi connectivity index (χ0) is 17.7. The Bertz CT molecular complexity index is 745. The van der Waals surface area contributed by atoms with Gasteiger partial charge in [-0.2, -0.15) is 0 Å². The Balaban J connectivity index is 2.27. The van der Waals surface area contributed by atoms with Crippen molar-refractivity contribution in [2.75, 3.05) is 17.7 Å². The third-order valence-corrected chi connectivity index (χ3v) is 3.30. The summed E-state index contributed by atoms with van der Waals surface area (Å²) in [5.41, 5.74) is -0.0104. The van der Waals surface area contributed by atoms with E-state index < -0.39 is 22.7 Å². The van der Waals surface area contributed by atoms with Crippen molar-refractivity contribution < 1.29 is 23.5 Å². The average molecular weight is 359 g/mol. The number of ether oxygens (including phenoxy) is 1. The Labute approximate surface area is 140 Å². The number of rotatable bonds is 7. The fourth-order valence-corrected chi connectivity index (χ4v) is 1.93. The number of hydrogen-bond acceptors (Lipinski definition) is 5. The molecule has 2 aromatic rings. The van der Waals surface area contributed by atoms with Crippen LogP contribution in [0.15, 0.2) is 36.4 Å². The number of nitro groups is 1. The lowest BCUT2D eigenvalue weighted by atomic mass is 10.2. The summed E-state index contributed by atoms with van der Waals surface area (Å²) >= 11 is 5.47. The van der Waals surface area contributed by atoms with E-state index in [1.54, 1.807) is 0 Å². The topological polar surface area (TPSA) is 84.6 Å². The van der Waals surface area contributed by atoms with Crippen LogP contribution in [0.3, 0.4) is 0 Å². The number of halogens is 3. The zero-order valence-electron chi connectivity index (χ0n) is 12.2. The van der Waals surface area contributed by atoms with Gasteiger partial charge in [-0.1, -0.05) is 0 Å². The molecule has 1 unspecified atom stereocenters. The van der Waals surface area contributed by atoms with E-state index in [1.165, 1.54) is 12.1 Å². The monoisotopic (exact) mass is 358 g/mol. The second-order valence-corrected chi connectivity index (χ2v) is 5.15. The van der Waals surface area contributed by atoms with E-state index >= 15 is 0 Å². The summed E-state index contributed by atoms with van der Waals surface area (Å²) in [6, 6.07) is 6.44. The largest absolute Gasteiger partial charge is 0.454 e. The number of anilines is 1. The van der Waals surface area contributed by atoms with E-state index in [1.807, 2.05) is 0 Å². The second kappa shape index (κ2) is 7.89. The summed E-state index contributed by atoms with van der Waals surface area (Å²) < 4.78 is 31.8. The van der Waals surface area contributed by atoms with Gasteiger partial charge in [-0.3, -0.25) is 10.1 Å². The van der Waals surface area contributed by atoms with Crippen LogP contribution in [-0.4, -0.2) is 28.6 Å². The molecule has 9 heteroatoms. The molecule has 6 nitrogen and oxygen atoms in total. The van der Waals surface area contributed by atoms with Gasteiger partial charge in [-0.05, 0) is 12.1 Å². The van der Waals surface area contributed by atoms with E-state index in [4.69, 9.17) is 16.3 Å². The minimum Gasteiger partial charge on any atom is -0.454 e. The maximum Gasteiger partial charge on any atom is 0.275 e. The maximum atomic E-state index is 13.6. The van der Waals surface area contributed by atoms with Crippen molar-refractivity contribution in [3.05, 3.63) is 58.1 Å². The molecule has 0 spiro atoms. The van der Waals surface area contributed by atoms with Crippen LogP contribution < -0.4 is 10.1 Å². The second-order valence-electron chi connectivity index (χ2n) is 4.84. The predicted octanol–water partition coefficient (Wildman–Crippen LogP) is 3.68. The lowest BCUT2D eigenvalue weighted by Gasteiger charge is -2.12. The van der Waals surface area contributed by atoms with Crippen LogP contribution in [0.2, 0.25) is 0 Å². The van der Waals surface area contributed by atoms with Gasteiger partial charge in [-0.15, -0.1) is 11.6 Å². The maximum absolute atomic E-state index is 13.6. The number of aliphatic hydroxyl groups is 1. The SMILES string of the molecule is O=[N+]([O-])c1cc(NCC(O)CCl)cc(Oc2ccc(F)cc2F)c1. The molecule has 0 aliphatic carbocycles. The average Bonchev–Trinajstić information content (AvgIpc) is 2.55. The Hall–Kier alpha value is -2.45. The van der Waals surface area contributed by atoms with Crippen LogP contribution in [0.5, 0.6) is 11.5 Å². The van der Waals surface area contributed by atoms with Gasteiger partial charge in [-0.25, -0.2) is 8.78 Å². The molecule has 0 radical (unpaired) electrons. The Morgan fingerprint density at radius 3 is 2.67 bits per heavy atom. The van der Waals surface area contributed by atoms with Gasteiger partial charge < -0.3 is 15.2 Å². The molecule has 2 aromatic carbocycles. The molecule has 2 rings (SSSR count). The van der Waals surface area contributed by atoms with Gasteiger partial charge in [0.15, 0.2) is 11.6 Å². The number of non-ortho nitro benzene ring substituents is 1. The first kappa shape index (κ1) is 17.9. The van der Waals surface area contributed by atoms with Crippen molar-refractivity contribution in [3.63, 3.8) is 0 Å².